The molecule has 9 heteroatoms. The number of amides is 2. The third kappa shape index (κ3) is 4.46. The van der Waals surface area contributed by atoms with Crippen LogP contribution in [0, 0.1) is 24.0 Å². The van der Waals surface area contributed by atoms with Crippen molar-refractivity contribution in [1.29, 1.82) is 0 Å². The number of nitrogens with one attached hydrogen (secondary N) is 2. The fourth-order valence-corrected chi connectivity index (χ4v) is 2.92. The van der Waals surface area contributed by atoms with Gasteiger partial charge in [-0.05, 0) is 31.5 Å². The molecule has 0 bridgehead atoms. The first kappa shape index (κ1) is 19.7. The molecule has 2 amide bonds. The molecule has 0 aliphatic heterocycles. The Labute approximate surface area is 166 Å². The number of carbonyl (C=O) groups excluding carboxylic acids is 2. The Morgan fingerprint density at radius 2 is 1.62 bits per heavy atom. The third-order valence-electron chi connectivity index (χ3n) is 4.41. The van der Waals surface area contributed by atoms with Crippen LogP contribution in [0.1, 0.15) is 37.7 Å². The molecule has 0 atom stereocenters. The van der Waals surface area contributed by atoms with Crippen LogP contribution in [0.4, 0.5) is 5.69 Å². The van der Waals surface area contributed by atoms with E-state index in [-0.39, 0.29) is 11.3 Å². The summed E-state index contributed by atoms with van der Waals surface area (Å²) in [5.41, 5.74) is 7.39. The molecule has 0 saturated heterocycles. The number of aryl methyl sites for hydroxylation is 1. The molecule has 0 spiro atoms. The van der Waals surface area contributed by atoms with Gasteiger partial charge in [0.2, 0.25) is 0 Å². The van der Waals surface area contributed by atoms with Gasteiger partial charge in [0.05, 0.1) is 22.7 Å². The molecule has 0 aliphatic rings. The Balaban J connectivity index is 1.67. The number of hydrogen-bond donors (Lipinski definition) is 2. The second kappa shape index (κ2) is 8.34. The number of nitrogens with zero attached hydrogens (tertiary/aromatic N) is 3. The van der Waals surface area contributed by atoms with Gasteiger partial charge in [-0.2, -0.15) is 5.10 Å². The van der Waals surface area contributed by atoms with Crippen molar-refractivity contribution in [1.82, 2.24) is 20.6 Å². The highest BCUT2D eigenvalue weighted by atomic mass is 16.6. The van der Waals surface area contributed by atoms with Crippen LogP contribution in [-0.4, -0.2) is 26.5 Å². The summed E-state index contributed by atoms with van der Waals surface area (Å²) >= 11 is 0. The quantitative estimate of drug-likeness (QED) is 0.510. The molecule has 9 nitrogen and oxygen atoms in total. The Hall–Kier alpha value is -4.01. The second-order valence-electron chi connectivity index (χ2n) is 6.40. The summed E-state index contributed by atoms with van der Waals surface area (Å²) in [6, 6.07) is 14.8. The van der Waals surface area contributed by atoms with Crippen LogP contribution in [0.3, 0.4) is 0 Å². The van der Waals surface area contributed by atoms with E-state index in [0.717, 1.165) is 5.56 Å². The Bertz CT molecular complexity index is 1060. The molecular formula is C20H19N5O4. The van der Waals surface area contributed by atoms with Crippen LogP contribution in [0.5, 0.6) is 0 Å². The van der Waals surface area contributed by atoms with Gasteiger partial charge in [-0.25, -0.2) is 0 Å². The van der Waals surface area contributed by atoms with Crippen molar-refractivity contribution in [3.05, 3.63) is 92.8 Å². The number of rotatable bonds is 5. The predicted molar refractivity (Wildman–Crippen MR) is 105 cm³/mol. The van der Waals surface area contributed by atoms with E-state index in [1.807, 2.05) is 30.3 Å². The van der Waals surface area contributed by atoms with Crippen molar-refractivity contribution >= 4 is 17.5 Å². The molecule has 0 radical (unpaired) electrons. The smallest absolute Gasteiger partial charge is 0.267 e. The number of aromatic nitrogens is 2. The van der Waals surface area contributed by atoms with Gasteiger partial charge >= 0.3 is 0 Å². The van der Waals surface area contributed by atoms with E-state index >= 15 is 0 Å². The van der Waals surface area contributed by atoms with Crippen molar-refractivity contribution in [3.8, 4) is 0 Å². The van der Waals surface area contributed by atoms with E-state index in [0.29, 0.717) is 23.5 Å². The van der Waals surface area contributed by atoms with Crippen LogP contribution in [-0.2, 0) is 6.54 Å². The molecule has 0 saturated carbocycles. The average molecular weight is 393 g/mol. The molecule has 148 valence electrons. The van der Waals surface area contributed by atoms with Crippen LogP contribution in [0.25, 0.3) is 0 Å². The number of nitro benzene ring substituents is 1. The van der Waals surface area contributed by atoms with Crippen LogP contribution in [0.15, 0.2) is 54.6 Å². The number of carbonyl (C=O) groups is 2. The summed E-state index contributed by atoms with van der Waals surface area (Å²) in [5, 5.41) is 15.1. The summed E-state index contributed by atoms with van der Waals surface area (Å²) in [4.78, 5) is 34.8. The number of nitro groups is 1. The van der Waals surface area contributed by atoms with E-state index in [2.05, 4.69) is 16.0 Å². The second-order valence-corrected chi connectivity index (χ2v) is 6.40. The van der Waals surface area contributed by atoms with Crippen molar-refractivity contribution < 1.29 is 14.5 Å². The molecule has 0 fully saturated rings. The Morgan fingerprint density at radius 1 is 1.00 bits per heavy atom. The summed E-state index contributed by atoms with van der Waals surface area (Å²) in [7, 11) is 0. The highest BCUT2D eigenvalue weighted by Crippen LogP contribution is 2.15. The van der Waals surface area contributed by atoms with E-state index in [1.165, 1.54) is 24.3 Å². The van der Waals surface area contributed by atoms with Gasteiger partial charge in [-0.1, -0.05) is 30.3 Å². The molecule has 2 N–H and O–H groups in total. The van der Waals surface area contributed by atoms with Crippen LogP contribution >= 0.6 is 0 Å². The lowest BCUT2D eigenvalue weighted by Gasteiger charge is -2.08. The van der Waals surface area contributed by atoms with Crippen molar-refractivity contribution in [2.24, 2.45) is 0 Å². The van der Waals surface area contributed by atoms with Gasteiger partial charge in [0.25, 0.3) is 17.5 Å². The van der Waals surface area contributed by atoms with Crippen molar-refractivity contribution in [2.45, 2.75) is 20.4 Å². The molecule has 0 aliphatic carbocycles. The zero-order valence-corrected chi connectivity index (χ0v) is 15.9. The molecular weight excluding hydrogens is 374 g/mol. The summed E-state index contributed by atoms with van der Waals surface area (Å²) in [6.07, 6.45) is 0. The van der Waals surface area contributed by atoms with E-state index in [4.69, 9.17) is 0 Å². The minimum absolute atomic E-state index is 0.123. The van der Waals surface area contributed by atoms with Gasteiger partial charge in [0.15, 0.2) is 0 Å². The van der Waals surface area contributed by atoms with E-state index in [1.54, 1.807) is 18.5 Å². The first-order chi connectivity index (χ1) is 13.9. The van der Waals surface area contributed by atoms with Crippen LogP contribution in [0.2, 0.25) is 0 Å². The summed E-state index contributed by atoms with van der Waals surface area (Å²) < 4.78 is 1.73. The van der Waals surface area contributed by atoms with Crippen molar-refractivity contribution in [2.75, 3.05) is 0 Å². The number of hydrazine groups is 1. The molecule has 0 unspecified atom stereocenters. The summed E-state index contributed by atoms with van der Waals surface area (Å²) in [5.74, 6) is -1.07. The highest BCUT2D eigenvalue weighted by molar-refractivity contribution is 6.00. The number of hydrogen-bond acceptors (Lipinski definition) is 5. The van der Waals surface area contributed by atoms with Gasteiger partial charge in [-0.3, -0.25) is 35.2 Å². The summed E-state index contributed by atoms with van der Waals surface area (Å²) in [6.45, 7) is 4.04. The maximum absolute atomic E-state index is 12.6. The largest absolute Gasteiger partial charge is 0.273 e. The van der Waals surface area contributed by atoms with Crippen LogP contribution < -0.4 is 10.9 Å². The molecule has 1 heterocycles. The Kier molecular flexibility index (Phi) is 5.68. The zero-order valence-electron chi connectivity index (χ0n) is 15.9. The minimum atomic E-state index is -0.583. The lowest BCUT2D eigenvalue weighted by molar-refractivity contribution is -0.384. The highest BCUT2D eigenvalue weighted by Gasteiger charge is 2.19. The topological polar surface area (TPSA) is 119 Å². The average Bonchev–Trinajstić information content (AvgIpc) is 2.99. The monoisotopic (exact) mass is 393 g/mol. The maximum atomic E-state index is 12.6. The number of benzene rings is 2. The molecule has 1 aromatic heterocycles. The zero-order chi connectivity index (χ0) is 21.0. The third-order valence-corrected chi connectivity index (χ3v) is 4.41. The predicted octanol–water partition coefficient (Wildman–Crippen LogP) is 2.53. The standard InChI is InChI=1S/C20H19N5O4/c1-13-18(14(2)24(23-13)12-15-6-4-3-5-7-15)20(27)22-21-19(26)16-8-10-17(11-9-16)25(28)29/h3-11H,12H2,1-2H3,(H,21,26)(H,22,27). The minimum Gasteiger partial charge on any atom is -0.267 e. The van der Waals surface area contributed by atoms with Gasteiger partial charge in [-0.15, -0.1) is 0 Å². The lowest BCUT2D eigenvalue weighted by Crippen LogP contribution is -2.42. The fourth-order valence-electron chi connectivity index (χ4n) is 2.92. The van der Waals surface area contributed by atoms with Gasteiger partial charge in [0, 0.05) is 23.4 Å². The van der Waals surface area contributed by atoms with E-state index < -0.39 is 16.7 Å². The van der Waals surface area contributed by atoms with E-state index in [9.17, 15) is 19.7 Å². The Morgan fingerprint density at radius 3 is 2.24 bits per heavy atom. The maximum Gasteiger partial charge on any atom is 0.273 e. The molecule has 2 aromatic carbocycles. The fraction of sp³-hybridized carbons (Fsp3) is 0.150. The normalized spacial score (nSPS) is 10.4. The molecule has 3 rings (SSSR count). The molecule has 3 aromatic rings. The first-order valence-corrected chi connectivity index (χ1v) is 8.80. The van der Waals surface area contributed by atoms with Crippen molar-refractivity contribution in [3.63, 3.8) is 0 Å². The number of non-ortho nitro benzene ring substituents is 1. The molecule has 29 heavy (non-hydrogen) atoms. The van der Waals surface area contributed by atoms with Gasteiger partial charge in [0.1, 0.15) is 0 Å². The lowest BCUT2D eigenvalue weighted by atomic mass is 10.2. The van der Waals surface area contributed by atoms with Gasteiger partial charge < -0.3 is 0 Å². The SMILES string of the molecule is Cc1nn(Cc2ccccc2)c(C)c1C(=O)NNC(=O)c1ccc([N+](=O)[O-])cc1. The first-order valence-electron chi connectivity index (χ1n) is 8.80.